The van der Waals surface area contributed by atoms with Gasteiger partial charge in [-0.1, -0.05) is 60.7 Å². The second kappa shape index (κ2) is 5.88. The first kappa shape index (κ1) is 18.0. The first-order chi connectivity index (χ1) is 15.0. The van der Waals surface area contributed by atoms with Gasteiger partial charge in [-0.25, -0.2) is 4.90 Å². The van der Waals surface area contributed by atoms with E-state index in [0.29, 0.717) is 16.8 Å². The van der Waals surface area contributed by atoms with Crippen LogP contribution in [0.4, 0.5) is 5.69 Å². The van der Waals surface area contributed by atoms with Gasteiger partial charge in [0.1, 0.15) is 5.92 Å². The van der Waals surface area contributed by atoms with Crippen molar-refractivity contribution in [2.45, 2.75) is 18.4 Å². The summed E-state index contributed by atoms with van der Waals surface area (Å²) in [5.74, 6) is -3.12. The summed E-state index contributed by atoms with van der Waals surface area (Å²) in [6.07, 6.45) is 0. The highest BCUT2D eigenvalue weighted by Crippen LogP contribution is 2.64. The van der Waals surface area contributed by atoms with Crippen LogP contribution < -0.4 is 4.90 Å². The number of anilines is 1. The quantitative estimate of drug-likeness (QED) is 0.366. The Bertz CT molecular complexity index is 1270. The molecule has 0 radical (unpaired) electrons. The molecule has 7 rings (SSSR count). The van der Waals surface area contributed by atoms with Crippen molar-refractivity contribution in [3.63, 3.8) is 0 Å². The van der Waals surface area contributed by atoms with Gasteiger partial charge in [-0.3, -0.25) is 19.7 Å². The number of benzene rings is 3. The Labute approximate surface area is 178 Å². The van der Waals surface area contributed by atoms with Gasteiger partial charge in [0.2, 0.25) is 11.8 Å². The average Bonchev–Trinajstić information content (AvgIpc) is 3.04. The lowest BCUT2D eigenvalue weighted by atomic mass is 9.51. The van der Waals surface area contributed by atoms with E-state index in [4.69, 9.17) is 0 Å². The molecule has 1 fully saturated rings. The SMILES string of the molecule is Cc1cccc(N2C(=O)[C@@H]3C4c5ccccc5C([N+](=O)[O-])(c5ccccc54)[C@H]3C2=O)c1. The summed E-state index contributed by atoms with van der Waals surface area (Å²) >= 11 is 0. The van der Waals surface area contributed by atoms with Crippen LogP contribution in [0.2, 0.25) is 0 Å². The number of aryl methyl sites for hydroxylation is 1. The standard InChI is InChI=1S/C25H18N2O4/c1-14-7-6-8-15(13-14)26-23(28)21-20-16-9-2-4-11-18(16)25(27(30)31,22(21)24(26)29)19-12-5-3-10-17(19)20/h2-13,20-22H,1H3/t20?,21-,22-,25?/m1/s1. The minimum atomic E-state index is -1.78. The fraction of sp³-hybridized carbons (Fsp3) is 0.200. The monoisotopic (exact) mass is 410 g/mol. The maximum Gasteiger partial charge on any atom is 0.285 e. The Kier molecular flexibility index (Phi) is 3.41. The number of rotatable bonds is 2. The van der Waals surface area contributed by atoms with Gasteiger partial charge in [0.25, 0.3) is 5.54 Å². The van der Waals surface area contributed by atoms with Crippen molar-refractivity contribution in [3.8, 4) is 0 Å². The third kappa shape index (κ3) is 1.97. The molecule has 3 aromatic rings. The molecule has 152 valence electrons. The number of nitro groups is 1. The van der Waals surface area contributed by atoms with E-state index in [1.165, 1.54) is 4.90 Å². The summed E-state index contributed by atoms with van der Waals surface area (Å²) in [7, 11) is 0. The summed E-state index contributed by atoms with van der Waals surface area (Å²) < 4.78 is 0. The molecule has 4 aliphatic rings. The second-order valence-electron chi connectivity index (χ2n) is 8.53. The summed E-state index contributed by atoms with van der Waals surface area (Å²) in [5, 5.41) is 12.9. The van der Waals surface area contributed by atoms with Crippen molar-refractivity contribution in [2.24, 2.45) is 11.8 Å². The zero-order valence-electron chi connectivity index (χ0n) is 16.7. The van der Waals surface area contributed by atoms with E-state index < -0.39 is 23.3 Å². The van der Waals surface area contributed by atoms with Gasteiger partial charge in [0.15, 0.2) is 0 Å². The van der Waals surface area contributed by atoms with Crippen molar-refractivity contribution in [3.05, 3.63) is 111 Å². The molecule has 6 nitrogen and oxygen atoms in total. The Morgan fingerprint density at radius 1 is 0.871 bits per heavy atom. The highest BCUT2D eigenvalue weighted by atomic mass is 16.6. The van der Waals surface area contributed by atoms with Gasteiger partial charge in [-0.2, -0.15) is 0 Å². The van der Waals surface area contributed by atoms with Gasteiger partial charge < -0.3 is 0 Å². The average molecular weight is 410 g/mol. The molecule has 0 aromatic heterocycles. The molecule has 0 unspecified atom stereocenters. The van der Waals surface area contributed by atoms with Gasteiger partial charge in [0, 0.05) is 22.0 Å². The first-order valence-electron chi connectivity index (χ1n) is 10.3. The fourth-order valence-electron chi connectivity index (χ4n) is 6.06. The summed E-state index contributed by atoms with van der Waals surface area (Å²) in [6.45, 7) is 1.88. The van der Waals surface area contributed by atoms with E-state index in [2.05, 4.69) is 0 Å². The molecule has 2 bridgehead atoms. The summed E-state index contributed by atoms with van der Waals surface area (Å²) in [6, 6.07) is 21.6. The van der Waals surface area contributed by atoms with Crippen LogP contribution in [0.3, 0.4) is 0 Å². The summed E-state index contributed by atoms with van der Waals surface area (Å²) in [4.78, 5) is 41.2. The molecule has 2 amide bonds. The van der Waals surface area contributed by atoms with E-state index in [-0.39, 0.29) is 16.7 Å². The third-order valence-corrected chi connectivity index (χ3v) is 7.12. The number of imide groups is 1. The molecule has 0 saturated carbocycles. The second-order valence-corrected chi connectivity index (χ2v) is 8.53. The van der Waals surface area contributed by atoms with Crippen LogP contribution in [0.25, 0.3) is 0 Å². The smallest absolute Gasteiger partial charge is 0.274 e. The lowest BCUT2D eigenvalue weighted by Crippen LogP contribution is -2.57. The number of hydrogen-bond acceptors (Lipinski definition) is 4. The molecule has 0 spiro atoms. The Morgan fingerprint density at radius 3 is 2.06 bits per heavy atom. The molecule has 1 heterocycles. The molecular weight excluding hydrogens is 392 g/mol. The van der Waals surface area contributed by atoms with Crippen molar-refractivity contribution in [1.82, 2.24) is 0 Å². The van der Waals surface area contributed by atoms with Crippen LogP contribution in [-0.2, 0) is 15.1 Å². The van der Waals surface area contributed by atoms with Crippen LogP contribution in [0.1, 0.15) is 33.7 Å². The molecule has 3 aromatic carbocycles. The Hall–Kier alpha value is -3.80. The summed E-state index contributed by atoms with van der Waals surface area (Å²) in [5.41, 5.74) is 2.19. The normalized spacial score (nSPS) is 27.6. The van der Waals surface area contributed by atoms with Crippen LogP contribution in [0.5, 0.6) is 0 Å². The van der Waals surface area contributed by atoms with Gasteiger partial charge in [0.05, 0.1) is 11.6 Å². The topological polar surface area (TPSA) is 80.5 Å². The Morgan fingerprint density at radius 2 is 1.48 bits per heavy atom. The third-order valence-electron chi connectivity index (χ3n) is 7.12. The van der Waals surface area contributed by atoms with Crippen molar-refractivity contribution in [1.29, 1.82) is 0 Å². The maximum absolute atomic E-state index is 13.8. The van der Waals surface area contributed by atoms with Crippen molar-refractivity contribution in [2.75, 3.05) is 4.90 Å². The molecule has 3 aliphatic carbocycles. The van der Waals surface area contributed by atoms with Gasteiger partial charge >= 0.3 is 0 Å². The predicted molar refractivity (Wildman–Crippen MR) is 113 cm³/mol. The molecule has 1 aliphatic heterocycles. The lowest BCUT2D eigenvalue weighted by molar-refractivity contribution is -0.578. The predicted octanol–water partition coefficient (Wildman–Crippen LogP) is 3.78. The minimum Gasteiger partial charge on any atom is -0.274 e. The van der Waals surface area contributed by atoms with Crippen LogP contribution in [0, 0.1) is 28.9 Å². The van der Waals surface area contributed by atoms with E-state index >= 15 is 0 Å². The van der Waals surface area contributed by atoms with Crippen LogP contribution in [0.15, 0.2) is 72.8 Å². The largest absolute Gasteiger partial charge is 0.285 e. The Balaban J connectivity index is 1.68. The highest BCUT2D eigenvalue weighted by Gasteiger charge is 2.74. The van der Waals surface area contributed by atoms with E-state index in [1.54, 1.807) is 42.5 Å². The van der Waals surface area contributed by atoms with Gasteiger partial charge in [-0.05, 0) is 35.7 Å². The molecule has 0 N–H and O–H groups in total. The van der Waals surface area contributed by atoms with E-state index in [0.717, 1.165) is 16.7 Å². The van der Waals surface area contributed by atoms with Crippen molar-refractivity contribution < 1.29 is 14.5 Å². The molecule has 31 heavy (non-hydrogen) atoms. The van der Waals surface area contributed by atoms with Crippen molar-refractivity contribution >= 4 is 17.5 Å². The minimum absolute atomic E-state index is 0.345. The van der Waals surface area contributed by atoms with E-state index in [9.17, 15) is 19.7 Å². The van der Waals surface area contributed by atoms with Gasteiger partial charge in [-0.15, -0.1) is 0 Å². The van der Waals surface area contributed by atoms with Crippen LogP contribution >= 0.6 is 0 Å². The number of carbonyl (C=O) groups excluding carboxylic acids is 2. The molecule has 1 saturated heterocycles. The maximum atomic E-state index is 13.8. The number of nitrogens with zero attached hydrogens (tertiary/aromatic N) is 2. The first-order valence-corrected chi connectivity index (χ1v) is 10.3. The number of carbonyl (C=O) groups is 2. The number of hydrogen-bond donors (Lipinski definition) is 0. The number of amides is 2. The molecular formula is C25H18N2O4. The van der Waals surface area contributed by atoms with E-state index in [1.807, 2.05) is 37.3 Å². The lowest BCUT2D eigenvalue weighted by Gasteiger charge is -2.48. The van der Waals surface area contributed by atoms with Crippen LogP contribution in [-0.4, -0.2) is 16.7 Å². The fourth-order valence-corrected chi connectivity index (χ4v) is 6.06. The highest BCUT2D eigenvalue weighted by molar-refractivity contribution is 6.23. The zero-order valence-corrected chi connectivity index (χ0v) is 16.7. The molecule has 6 heteroatoms. The molecule has 2 atom stereocenters. The zero-order chi connectivity index (χ0) is 21.5.